The molecule has 5 nitrogen and oxygen atoms in total. The van der Waals surface area contributed by atoms with Gasteiger partial charge in [-0.2, -0.15) is 0 Å². The van der Waals surface area contributed by atoms with Gasteiger partial charge < -0.3 is 9.47 Å². The van der Waals surface area contributed by atoms with E-state index >= 15 is 0 Å². The van der Waals surface area contributed by atoms with E-state index < -0.39 is 0 Å². The largest absolute Gasteiger partial charge is 0.468 e. The lowest BCUT2D eigenvalue weighted by atomic mass is 10.4. The first-order valence-electron chi connectivity index (χ1n) is 4.00. The molecule has 0 unspecified atom stereocenters. The Morgan fingerprint density at radius 1 is 1.08 bits per heavy atom. The Labute approximate surface area is 77.6 Å². The van der Waals surface area contributed by atoms with Gasteiger partial charge in [-0.05, 0) is 6.54 Å². The molecule has 0 bridgehead atoms. The number of methoxy groups -OCH3 is 2. The third kappa shape index (κ3) is 5.19. The van der Waals surface area contributed by atoms with Gasteiger partial charge in [-0.15, -0.1) is 0 Å². The third-order valence-electron chi connectivity index (χ3n) is 1.61. The Hall–Kier alpha value is -1.10. The molecule has 13 heavy (non-hydrogen) atoms. The molecule has 0 aromatic heterocycles. The van der Waals surface area contributed by atoms with E-state index in [0.717, 1.165) is 0 Å². The molecule has 0 aliphatic carbocycles. The van der Waals surface area contributed by atoms with Crippen molar-refractivity contribution in [3.63, 3.8) is 0 Å². The van der Waals surface area contributed by atoms with Gasteiger partial charge in [0, 0.05) is 0 Å². The van der Waals surface area contributed by atoms with Crippen LogP contribution in [0.2, 0.25) is 0 Å². The van der Waals surface area contributed by atoms with E-state index in [9.17, 15) is 9.59 Å². The first kappa shape index (κ1) is 11.9. The van der Waals surface area contributed by atoms with Gasteiger partial charge in [0.15, 0.2) is 0 Å². The predicted molar refractivity (Wildman–Crippen MR) is 46.1 cm³/mol. The molecule has 0 aliphatic rings. The molecule has 0 heterocycles. The summed E-state index contributed by atoms with van der Waals surface area (Å²) < 4.78 is 8.93. The van der Waals surface area contributed by atoms with Gasteiger partial charge in [0.1, 0.15) is 0 Å². The molecule has 0 saturated heterocycles. The Morgan fingerprint density at radius 2 is 1.46 bits per heavy atom. The molecule has 0 fully saturated rings. The topological polar surface area (TPSA) is 55.8 Å². The van der Waals surface area contributed by atoms with Gasteiger partial charge in [0.05, 0.1) is 27.3 Å². The molecule has 0 aromatic rings. The van der Waals surface area contributed by atoms with Crippen LogP contribution >= 0.6 is 0 Å². The molecule has 0 saturated carbocycles. The van der Waals surface area contributed by atoms with Gasteiger partial charge in [0.2, 0.25) is 0 Å². The number of likely N-dealkylation sites (N-methyl/N-ethyl adjacent to an activating group) is 1. The molecule has 0 aliphatic heterocycles. The van der Waals surface area contributed by atoms with E-state index in [1.54, 1.807) is 4.90 Å². The van der Waals surface area contributed by atoms with Crippen LogP contribution in [0.25, 0.3) is 0 Å². The van der Waals surface area contributed by atoms with Gasteiger partial charge in [-0.3, -0.25) is 14.5 Å². The highest BCUT2D eigenvalue weighted by Crippen LogP contribution is 1.90. The van der Waals surface area contributed by atoms with Crippen LogP contribution in [0.15, 0.2) is 0 Å². The van der Waals surface area contributed by atoms with Crippen molar-refractivity contribution in [1.82, 2.24) is 4.90 Å². The predicted octanol–water partition coefficient (Wildman–Crippen LogP) is -0.346. The second-order valence-corrected chi connectivity index (χ2v) is 2.46. The minimum absolute atomic E-state index is 0.113. The highest BCUT2D eigenvalue weighted by Gasteiger charge is 2.12. The minimum Gasteiger partial charge on any atom is -0.468 e. The van der Waals surface area contributed by atoms with E-state index in [0.29, 0.717) is 6.54 Å². The van der Waals surface area contributed by atoms with Crippen molar-refractivity contribution in [2.75, 3.05) is 33.9 Å². The fraction of sp³-hybridized carbons (Fsp3) is 0.750. The SMILES string of the molecule is CCN(CC(=O)OC)CC(=O)OC. The van der Waals surface area contributed by atoms with Crippen molar-refractivity contribution in [3.05, 3.63) is 0 Å². The van der Waals surface area contributed by atoms with Crippen molar-refractivity contribution < 1.29 is 19.1 Å². The lowest BCUT2D eigenvalue weighted by molar-refractivity contribution is -0.145. The number of hydrogen-bond acceptors (Lipinski definition) is 5. The average Bonchev–Trinajstić information content (AvgIpc) is 2.16. The molecule has 0 spiro atoms. The summed E-state index contributed by atoms with van der Waals surface area (Å²) in [6, 6.07) is 0. The third-order valence-corrected chi connectivity index (χ3v) is 1.61. The van der Waals surface area contributed by atoms with Crippen LogP contribution in [0.3, 0.4) is 0 Å². The summed E-state index contributed by atoms with van der Waals surface area (Å²) in [5, 5.41) is 0. The molecule has 0 atom stereocenters. The summed E-state index contributed by atoms with van der Waals surface area (Å²) in [6.07, 6.45) is 0. The fourth-order valence-corrected chi connectivity index (χ4v) is 0.774. The number of carbonyl (C=O) groups is 2. The number of rotatable bonds is 5. The number of hydrogen-bond donors (Lipinski definition) is 0. The van der Waals surface area contributed by atoms with E-state index in [1.165, 1.54) is 14.2 Å². The first-order valence-corrected chi connectivity index (χ1v) is 4.00. The first-order chi connectivity index (χ1) is 6.13. The van der Waals surface area contributed by atoms with Gasteiger partial charge >= 0.3 is 11.9 Å². The van der Waals surface area contributed by atoms with Crippen molar-refractivity contribution in [3.8, 4) is 0 Å². The summed E-state index contributed by atoms with van der Waals surface area (Å²) in [6.45, 7) is 2.68. The summed E-state index contributed by atoms with van der Waals surface area (Å²) in [5.41, 5.74) is 0. The molecule has 0 amide bonds. The standard InChI is InChI=1S/C8H15NO4/c1-4-9(5-7(10)12-2)6-8(11)13-3/h4-6H2,1-3H3. The zero-order chi connectivity index (χ0) is 10.3. The van der Waals surface area contributed by atoms with E-state index in [1.807, 2.05) is 6.92 Å². The van der Waals surface area contributed by atoms with Crippen LogP contribution in [-0.2, 0) is 19.1 Å². The molecule has 5 heteroatoms. The number of ether oxygens (including phenoxy) is 2. The zero-order valence-electron chi connectivity index (χ0n) is 8.20. The minimum atomic E-state index is -0.356. The van der Waals surface area contributed by atoms with Gasteiger partial charge in [-0.1, -0.05) is 6.92 Å². The Bertz CT molecular complexity index is 163. The molecule has 76 valence electrons. The molecule has 0 aromatic carbocycles. The van der Waals surface area contributed by atoms with Gasteiger partial charge in [-0.25, -0.2) is 0 Å². The van der Waals surface area contributed by atoms with Crippen molar-refractivity contribution >= 4 is 11.9 Å². The van der Waals surface area contributed by atoms with Crippen LogP contribution in [0.4, 0.5) is 0 Å². The molecule has 0 N–H and O–H groups in total. The maximum atomic E-state index is 10.8. The fourth-order valence-electron chi connectivity index (χ4n) is 0.774. The summed E-state index contributed by atoms with van der Waals surface area (Å²) in [5.74, 6) is -0.712. The Morgan fingerprint density at radius 3 is 1.69 bits per heavy atom. The molecular weight excluding hydrogens is 174 g/mol. The molecule has 0 radical (unpaired) electrons. The number of nitrogens with zero attached hydrogens (tertiary/aromatic N) is 1. The molecule has 0 rings (SSSR count). The molecular formula is C8H15NO4. The monoisotopic (exact) mass is 189 g/mol. The maximum absolute atomic E-state index is 10.8. The van der Waals surface area contributed by atoms with Crippen LogP contribution in [-0.4, -0.2) is 50.7 Å². The zero-order valence-corrected chi connectivity index (χ0v) is 8.20. The van der Waals surface area contributed by atoms with E-state index in [-0.39, 0.29) is 25.0 Å². The summed E-state index contributed by atoms with van der Waals surface area (Å²) >= 11 is 0. The van der Waals surface area contributed by atoms with Crippen LogP contribution in [0.1, 0.15) is 6.92 Å². The second-order valence-electron chi connectivity index (χ2n) is 2.46. The Kier molecular flexibility index (Phi) is 5.88. The quantitative estimate of drug-likeness (QED) is 0.553. The van der Waals surface area contributed by atoms with Crippen LogP contribution in [0.5, 0.6) is 0 Å². The Balaban J connectivity index is 3.89. The normalized spacial score (nSPS) is 9.85. The number of carbonyl (C=O) groups excluding carboxylic acids is 2. The maximum Gasteiger partial charge on any atom is 0.319 e. The highest BCUT2D eigenvalue weighted by atomic mass is 16.5. The average molecular weight is 189 g/mol. The van der Waals surface area contributed by atoms with Crippen molar-refractivity contribution in [2.24, 2.45) is 0 Å². The summed E-state index contributed by atoms with van der Waals surface area (Å²) in [7, 11) is 2.63. The van der Waals surface area contributed by atoms with Crippen molar-refractivity contribution in [1.29, 1.82) is 0 Å². The second kappa shape index (κ2) is 6.42. The van der Waals surface area contributed by atoms with E-state index in [4.69, 9.17) is 0 Å². The van der Waals surface area contributed by atoms with Crippen molar-refractivity contribution in [2.45, 2.75) is 6.92 Å². The lowest BCUT2D eigenvalue weighted by Gasteiger charge is -2.16. The highest BCUT2D eigenvalue weighted by molar-refractivity contribution is 5.74. The summed E-state index contributed by atoms with van der Waals surface area (Å²) in [4.78, 5) is 23.3. The smallest absolute Gasteiger partial charge is 0.319 e. The van der Waals surface area contributed by atoms with Crippen LogP contribution < -0.4 is 0 Å². The van der Waals surface area contributed by atoms with E-state index in [2.05, 4.69) is 9.47 Å². The number of esters is 2. The lowest BCUT2D eigenvalue weighted by Crippen LogP contribution is -2.35. The van der Waals surface area contributed by atoms with Crippen LogP contribution in [0, 0.1) is 0 Å². The van der Waals surface area contributed by atoms with Gasteiger partial charge in [0.25, 0.3) is 0 Å².